The fourth-order valence-corrected chi connectivity index (χ4v) is 7.48. The SMILES string of the molecule is CC(=O)OC(=C1C[C@@]2(C)C(=CC1=O)CC[C@H]1[C@@H]3CC[C@H](OC(C)=O)[C@@]3(C)CC[C@@H]12)C(F)(F)F. The lowest BCUT2D eigenvalue weighted by Gasteiger charge is -2.58. The van der Waals surface area contributed by atoms with E-state index in [1.165, 1.54) is 13.0 Å². The first-order valence-electron chi connectivity index (χ1n) is 11.7. The van der Waals surface area contributed by atoms with Crippen LogP contribution in [0.4, 0.5) is 13.2 Å². The molecule has 0 bridgehead atoms. The number of rotatable bonds is 2. The standard InChI is InChI=1S/C25H31F3O5/c1-13(29)32-21-8-7-18-16-6-5-15-11-20(31)17(22(25(26,27)28)33-14(2)30)12-24(15,4)19(16)9-10-23(18,21)3/h11,16,18-19,21H,5-10,12H2,1-4H3/t16-,18-,19-,21-,23-,24-/m0/s1. The monoisotopic (exact) mass is 468 g/mol. The molecule has 0 radical (unpaired) electrons. The zero-order valence-electron chi connectivity index (χ0n) is 19.5. The number of esters is 2. The van der Waals surface area contributed by atoms with Gasteiger partial charge in [-0.15, -0.1) is 0 Å². The van der Waals surface area contributed by atoms with Crippen molar-refractivity contribution in [2.75, 3.05) is 0 Å². The van der Waals surface area contributed by atoms with Crippen molar-refractivity contribution < 1.29 is 37.0 Å². The maximum atomic E-state index is 13.7. The van der Waals surface area contributed by atoms with Gasteiger partial charge in [-0.05, 0) is 74.2 Å². The van der Waals surface area contributed by atoms with Crippen LogP contribution in [0, 0.1) is 28.6 Å². The van der Waals surface area contributed by atoms with E-state index in [-0.39, 0.29) is 35.7 Å². The first-order chi connectivity index (χ1) is 15.3. The second-order valence-corrected chi connectivity index (χ2v) is 10.7. The summed E-state index contributed by atoms with van der Waals surface area (Å²) in [6.07, 6.45) is 1.09. The van der Waals surface area contributed by atoms with Gasteiger partial charge in [0.2, 0.25) is 5.76 Å². The maximum absolute atomic E-state index is 13.7. The van der Waals surface area contributed by atoms with Crippen molar-refractivity contribution in [3.63, 3.8) is 0 Å². The molecule has 0 aromatic carbocycles. The minimum Gasteiger partial charge on any atom is -0.462 e. The minimum absolute atomic E-state index is 0.0856. The second-order valence-electron chi connectivity index (χ2n) is 10.7. The molecule has 0 N–H and O–H groups in total. The van der Waals surface area contributed by atoms with Gasteiger partial charge in [0.1, 0.15) is 6.10 Å². The number of halogens is 3. The summed E-state index contributed by atoms with van der Waals surface area (Å²) in [6, 6.07) is 0. The van der Waals surface area contributed by atoms with Crippen molar-refractivity contribution in [3.8, 4) is 0 Å². The van der Waals surface area contributed by atoms with E-state index < -0.39 is 34.7 Å². The van der Waals surface area contributed by atoms with Crippen molar-refractivity contribution in [2.24, 2.45) is 28.6 Å². The smallest absolute Gasteiger partial charge is 0.450 e. The average Bonchev–Trinajstić information content (AvgIpc) is 3.01. The summed E-state index contributed by atoms with van der Waals surface area (Å²) in [6.45, 7) is 6.47. The van der Waals surface area contributed by atoms with Crippen molar-refractivity contribution in [3.05, 3.63) is 23.0 Å². The van der Waals surface area contributed by atoms with Crippen LogP contribution in [0.5, 0.6) is 0 Å². The minimum atomic E-state index is -4.93. The Morgan fingerprint density at radius 3 is 2.33 bits per heavy atom. The highest BCUT2D eigenvalue weighted by Crippen LogP contribution is 2.66. The Labute approximate surface area is 191 Å². The summed E-state index contributed by atoms with van der Waals surface area (Å²) >= 11 is 0. The zero-order chi connectivity index (χ0) is 24.3. The highest BCUT2D eigenvalue weighted by atomic mass is 19.4. The van der Waals surface area contributed by atoms with Crippen molar-refractivity contribution in [1.29, 1.82) is 0 Å². The second kappa shape index (κ2) is 7.98. The number of carbonyl (C=O) groups excluding carboxylic acids is 3. The van der Waals surface area contributed by atoms with E-state index in [4.69, 9.17) is 4.74 Å². The highest BCUT2D eigenvalue weighted by molar-refractivity contribution is 6.06. The van der Waals surface area contributed by atoms with Gasteiger partial charge in [-0.3, -0.25) is 14.4 Å². The lowest BCUT2D eigenvalue weighted by atomic mass is 9.47. The molecule has 0 spiro atoms. The van der Waals surface area contributed by atoms with Gasteiger partial charge in [-0.1, -0.05) is 19.4 Å². The van der Waals surface area contributed by atoms with Crippen LogP contribution in [0.25, 0.3) is 0 Å². The molecule has 8 heteroatoms. The molecule has 0 heterocycles. The van der Waals surface area contributed by atoms with E-state index in [1.807, 2.05) is 6.92 Å². The van der Waals surface area contributed by atoms with Crippen LogP contribution in [0.1, 0.15) is 72.6 Å². The van der Waals surface area contributed by atoms with Crippen LogP contribution in [-0.2, 0) is 23.9 Å². The van der Waals surface area contributed by atoms with E-state index in [9.17, 15) is 27.6 Å². The van der Waals surface area contributed by atoms with Crippen LogP contribution in [0.3, 0.4) is 0 Å². The van der Waals surface area contributed by atoms with Gasteiger partial charge in [0.15, 0.2) is 5.78 Å². The fourth-order valence-electron chi connectivity index (χ4n) is 7.48. The van der Waals surface area contributed by atoms with E-state index in [0.717, 1.165) is 44.6 Å². The number of allylic oxidation sites excluding steroid dienone is 3. The average molecular weight is 469 g/mol. The summed E-state index contributed by atoms with van der Waals surface area (Å²) in [5, 5.41) is 0. The van der Waals surface area contributed by atoms with Gasteiger partial charge < -0.3 is 9.47 Å². The lowest BCUT2D eigenvalue weighted by Crippen LogP contribution is -2.52. The third kappa shape index (κ3) is 3.93. The van der Waals surface area contributed by atoms with Crippen LogP contribution < -0.4 is 0 Å². The molecule has 33 heavy (non-hydrogen) atoms. The van der Waals surface area contributed by atoms with Gasteiger partial charge in [0.25, 0.3) is 0 Å². The number of carbonyl (C=O) groups is 3. The number of hydrogen-bond donors (Lipinski definition) is 0. The lowest BCUT2D eigenvalue weighted by molar-refractivity contribution is -0.159. The van der Waals surface area contributed by atoms with Crippen LogP contribution in [-0.4, -0.2) is 30.0 Å². The van der Waals surface area contributed by atoms with Gasteiger partial charge in [0, 0.05) is 24.8 Å². The Kier molecular flexibility index (Phi) is 5.81. The molecule has 3 saturated carbocycles. The summed E-state index contributed by atoms with van der Waals surface area (Å²) in [7, 11) is 0. The summed E-state index contributed by atoms with van der Waals surface area (Å²) in [4.78, 5) is 35.7. The maximum Gasteiger partial charge on any atom is 0.450 e. The predicted molar refractivity (Wildman–Crippen MR) is 112 cm³/mol. The van der Waals surface area contributed by atoms with Gasteiger partial charge in [-0.25, -0.2) is 0 Å². The van der Waals surface area contributed by atoms with Crippen molar-refractivity contribution >= 4 is 17.7 Å². The number of fused-ring (bicyclic) bond motifs is 5. The van der Waals surface area contributed by atoms with Crippen LogP contribution in [0.15, 0.2) is 23.0 Å². The molecule has 4 aliphatic rings. The fraction of sp³-hybridized carbons (Fsp3) is 0.720. The molecule has 0 saturated heterocycles. The molecule has 3 fully saturated rings. The Balaban J connectivity index is 1.70. The molecule has 5 nitrogen and oxygen atoms in total. The summed E-state index contributed by atoms with van der Waals surface area (Å²) in [5.74, 6) is -2.86. The molecule has 0 unspecified atom stereocenters. The highest BCUT2D eigenvalue weighted by Gasteiger charge is 2.60. The quantitative estimate of drug-likeness (QED) is 0.307. The van der Waals surface area contributed by atoms with E-state index in [1.54, 1.807) is 0 Å². The number of alkyl halides is 3. The molecular weight excluding hydrogens is 437 g/mol. The van der Waals surface area contributed by atoms with Gasteiger partial charge in [-0.2, -0.15) is 13.2 Å². The number of ketones is 1. The molecule has 0 aliphatic heterocycles. The number of hydrogen-bond acceptors (Lipinski definition) is 5. The number of ether oxygens (including phenoxy) is 2. The molecule has 4 aliphatic carbocycles. The Morgan fingerprint density at radius 1 is 1.03 bits per heavy atom. The van der Waals surface area contributed by atoms with E-state index in [0.29, 0.717) is 12.3 Å². The van der Waals surface area contributed by atoms with Crippen LogP contribution in [0.2, 0.25) is 0 Å². The topological polar surface area (TPSA) is 69.7 Å². The van der Waals surface area contributed by atoms with Gasteiger partial charge in [0.05, 0.1) is 0 Å². The molecule has 0 amide bonds. The Bertz CT molecular complexity index is 948. The molecule has 182 valence electrons. The van der Waals surface area contributed by atoms with Crippen molar-refractivity contribution in [1.82, 2.24) is 0 Å². The molecule has 0 aromatic heterocycles. The first-order valence-corrected chi connectivity index (χ1v) is 11.7. The Hall–Kier alpha value is -2.12. The molecular formula is C25H31F3O5. The molecule has 0 aromatic rings. The van der Waals surface area contributed by atoms with Gasteiger partial charge >= 0.3 is 18.1 Å². The zero-order valence-corrected chi connectivity index (χ0v) is 19.5. The Morgan fingerprint density at radius 2 is 1.73 bits per heavy atom. The summed E-state index contributed by atoms with van der Waals surface area (Å²) in [5.41, 5.74) is -0.298. The van der Waals surface area contributed by atoms with Crippen LogP contribution >= 0.6 is 0 Å². The summed E-state index contributed by atoms with van der Waals surface area (Å²) < 4.78 is 51.4. The largest absolute Gasteiger partial charge is 0.462 e. The third-order valence-corrected chi connectivity index (χ3v) is 8.88. The van der Waals surface area contributed by atoms with E-state index >= 15 is 0 Å². The van der Waals surface area contributed by atoms with Crippen molar-refractivity contribution in [2.45, 2.75) is 84.9 Å². The third-order valence-electron chi connectivity index (χ3n) is 8.88. The first kappa shape index (κ1) is 24.0. The van der Waals surface area contributed by atoms with E-state index in [2.05, 4.69) is 11.7 Å². The molecule has 6 atom stereocenters. The molecule has 4 rings (SSSR count). The normalized spacial score (nSPS) is 39.6. The predicted octanol–water partition coefficient (Wildman–Crippen LogP) is 5.44.